The van der Waals surface area contributed by atoms with Gasteiger partial charge in [-0.2, -0.15) is 0 Å². The molecule has 1 aromatic rings. The first-order valence-corrected chi connectivity index (χ1v) is 11.2. The van der Waals surface area contributed by atoms with Gasteiger partial charge in [0.25, 0.3) is 5.91 Å². The van der Waals surface area contributed by atoms with E-state index in [1.165, 1.54) is 42.5 Å². The van der Waals surface area contributed by atoms with Crippen LogP contribution in [0.25, 0.3) is 0 Å². The Balaban J connectivity index is 2.23. The monoisotopic (exact) mass is 320 g/mol. The van der Waals surface area contributed by atoms with Crippen LogP contribution in [0.4, 0.5) is 5.69 Å². The summed E-state index contributed by atoms with van der Waals surface area (Å²) in [7, 11) is -1.09. The Morgan fingerprint density at radius 3 is 2.27 bits per heavy atom. The maximum absolute atomic E-state index is 13.1. The van der Waals surface area contributed by atoms with Gasteiger partial charge in [0.1, 0.15) is 5.66 Å². The molecule has 1 saturated heterocycles. The number of hydrogen-bond acceptors (Lipinski definition) is 1. The van der Waals surface area contributed by atoms with E-state index in [-0.39, 0.29) is 11.6 Å². The molecule has 1 aromatic carbocycles. The van der Waals surface area contributed by atoms with E-state index in [4.69, 9.17) is 0 Å². The third-order valence-electron chi connectivity index (χ3n) is 5.34. The molecule has 0 spiro atoms. The molecule has 0 saturated carbocycles. The van der Waals surface area contributed by atoms with E-state index < -0.39 is 7.26 Å². The number of amides is 1. The van der Waals surface area contributed by atoms with E-state index in [1.807, 2.05) is 0 Å². The second-order valence-electron chi connectivity index (χ2n) is 6.75. The van der Waals surface area contributed by atoms with E-state index in [0.29, 0.717) is 0 Å². The standard InChI is InChI=1S/C19H30NOP/c1-5-10-17(22(6-2)13-7-8-14-22)19(21)20-18-15(3)11-9-12-16(18)4/h9,11-12,17H,5-8,10,13-14H2,1-4H3/p+1. The first-order valence-electron chi connectivity index (χ1n) is 8.77. The van der Waals surface area contributed by atoms with Crippen LogP contribution in [0.2, 0.25) is 0 Å². The lowest BCUT2D eigenvalue weighted by Crippen LogP contribution is -2.32. The number of para-hydroxylation sites is 1. The summed E-state index contributed by atoms with van der Waals surface area (Å²) in [4.78, 5) is 13.1. The Bertz CT molecular complexity index is 500. The van der Waals surface area contributed by atoms with Crippen LogP contribution in [-0.2, 0) is 4.79 Å². The SMILES string of the molecule is CCCC(C(=O)Nc1c(C)cccc1C)[P+]1(CC)CCCC1. The fourth-order valence-corrected chi connectivity index (χ4v) is 8.95. The van der Waals surface area contributed by atoms with Crippen molar-refractivity contribution in [2.45, 2.75) is 59.0 Å². The van der Waals surface area contributed by atoms with Gasteiger partial charge < -0.3 is 5.32 Å². The molecule has 122 valence electrons. The van der Waals surface area contributed by atoms with Crippen LogP contribution >= 0.6 is 7.26 Å². The van der Waals surface area contributed by atoms with Crippen molar-refractivity contribution in [1.29, 1.82) is 0 Å². The Morgan fingerprint density at radius 2 is 1.77 bits per heavy atom. The zero-order chi connectivity index (χ0) is 16.2. The van der Waals surface area contributed by atoms with Crippen LogP contribution < -0.4 is 5.32 Å². The predicted octanol–water partition coefficient (Wildman–Crippen LogP) is 5.24. The molecule has 1 heterocycles. The molecular formula is C19H31NOP+. The summed E-state index contributed by atoms with van der Waals surface area (Å²) >= 11 is 0. The van der Waals surface area contributed by atoms with Gasteiger partial charge in [0.2, 0.25) is 0 Å². The van der Waals surface area contributed by atoms with Gasteiger partial charge in [0.15, 0.2) is 0 Å². The molecule has 1 N–H and O–H groups in total. The van der Waals surface area contributed by atoms with Gasteiger partial charge in [-0.05, 0) is 51.2 Å². The topological polar surface area (TPSA) is 29.1 Å². The van der Waals surface area contributed by atoms with E-state index in [9.17, 15) is 4.79 Å². The minimum absolute atomic E-state index is 0.268. The molecule has 1 aliphatic rings. The Morgan fingerprint density at radius 1 is 1.18 bits per heavy atom. The van der Waals surface area contributed by atoms with Gasteiger partial charge in [-0.15, -0.1) is 0 Å². The van der Waals surface area contributed by atoms with Crippen LogP contribution in [0.1, 0.15) is 50.7 Å². The highest BCUT2D eigenvalue weighted by molar-refractivity contribution is 7.77. The van der Waals surface area contributed by atoms with Crippen LogP contribution in [0.5, 0.6) is 0 Å². The number of carbonyl (C=O) groups excluding carboxylic acids is 1. The smallest absolute Gasteiger partial charge is 0.265 e. The van der Waals surface area contributed by atoms with E-state index >= 15 is 0 Å². The predicted molar refractivity (Wildman–Crippen MR) is 99.7 cm³/mol. The average Bonchev–Trinajstić information content (AvgIpc) is 2.98. The molecule has 0 radical (unpaired) electrons. The molecule has 1 amide bonds. The van der Waals surface area contributed by atoms with Gasteiger partial charge in [-0.1, -0.05) is 31.5 Å². The molecule has 0 bridgehead atoms. The zero-order valence-corrected chi connectivity index (χ0v) is 15.5. The summed E-state index contributed by atoms with van der Waals surface area (Å²) < 4.78 is 0. The van der Waals surface area contributed by atoms with Crippen LogP contribution in [-0.4, -0.2) is 30.1 Å². The minimum atomic E-state index is -1.09. The van der Waals surface area contributed by atoms with Crippen molar-refractivity contribution < 1.29 is 4.79 Å². The fourth-order valence-electron chi connectivity index (χ4n) is 3.96. The number of aryl methyl sites for hydroxylation is 2. The van der Waals surface area contributed by atoms with Crippen molar-refractivity contribution in [3.05, 3.63) is 29.3 Å². The molecule has 2 rings (SSSR count). The number of carbonyl (C=O) groups is 1. The molecule has 1 unspecified atom stereocenters. The molecule has 0 aromatic heterocycles. The highest BCUT2D eigenvalue weighted by Crippen LogP contribution is 2.68. The normalized spacial score (nSPS) is 18.2. The number of anilines is 1. The highest BCUT2D eigenvalue weighted by Gasteiger charge is 2.49. The molecule has 0 aliphatic carbocycles. The molecule has 1 aliphatic heterocycles. The summed E-state index contributed by atoms with van der Waals surface area (Å²) in [6.07, 6.45) is 8.71. The lowest BCUT2D eigenvalue weighted by atomic mass is 10.1. The maximum atomic E-state index is 13.1. The second-order valence-corrected chi connectivity index (χ2v) is 11.3. The summed E-state index contributed by atoms with van der Waals surface area (Å²) in [5.41, 5.74) is 3.63. The van der Waals surface area contributed by atoms with Gasteiger partial charge >= 0.3 is 0 Å². The van der Waals surface area contributed by atoms with Crippen molar-refractivity contribution in [3.8, 4) is 0 Å². The summed E-state index contributed by atoms with van der Waals surface area (Å²) in [5, 5.41) is 3.29. The highest BCUT2D eigenvalue weighted by atomic mass is 31.2. The van der Waals surface area contributed by atoms with Crippen LogP contribution in [0.3, 0.4) is 0 Å². The van der Waals surface area contributed by atoms with Crippen molar-refractivity contribution in [2.24, 2.45) is 0 Å². The number of rotatable bonds is 6. The first kappa shape index (κ1) is 17.5. The number of hydrogen-bond donors (Lipinski definition) is 1. The van der Waals surface area contributed by atoms with Crippen molar-refractivity contribution in [3.63, 3.8) is 0 Å². The molecule has 2 nitrogen and oxygen atoms in total. The second kappa shape index (κ2) is 7.59. The van der Waals surface area contributed by atoms with Crippen molar-refractivity contribution in [1.82, 2.24) is 0 Å². The number of nitrogens with one attached hydrogen (secondary N) is 1. The molecular weight excluding hydrogens is 289 g/mol. The lowest BCUT2D eigenvalue weighted by molar-refractivity contribution is -0.116. The van der Waals surface area contributed by atoms with Gasteiger partial charge in [-0.3, -0.25) is 4.79 Å². The van der Waals surface area contributed by atoms with E-state index in [0.717, 1.165) is 18.5 Å². The van der Waals surface area contributed by atoms with Crippen molar-refractivity contribution in [2.75, 3.05) is 23.8 Å². The quantitative estimate of drug-likeness (QED) is 0.713. The zero-order valence-electron chi connectivity index (χ0n) is 14.6. The molecule has 1 atom stereocenters. The maximum Gasteiger partial charge on any atom is 0.265 e. The van der Waals surface area contributed by atoms with Gasteiger partial charge in [0, 0.05) is 12.9 Å². The summed E-state index contributed by atoms with van der Waals surface area (Å²) in [6.45, 7) is 8.69. The summed E-state index contributed by atoms with van der Waals surface area (Å²) in [5.74, 6) is 0.288. The van der Waals surface area contributed by atoms with Crippen LogP contribution in [0, 0.1) is 13.8 Å². The average molecular weight is 320 g/mol. The Labute approximate surface area is 136 Å². The third kappa shape index (κ3) is 3.54. The van der Waals surface area contributed by atoms with Gasteiger partial charge in [-0.25, -0.2) is 0 Å². The molecule has 3 heteroatoms. The fraction of sp³-hybridized carbons (Fsp3) is 0.632. The largest absolute Gasteiger partial charge is 0.322 e. The Kier molecular flexibility index (Phi) is 6.03. The van der Waals surface area contributed by atoms with Gasteiger partial charge in [0.05, 0.1) is 18.5 Å². The minimum Gasteiger partial charge on any atom is -0.322 e. The first-order chi connectivity index (χ1) is 10.5. The lowest BCUT2D eigenvalue weighted by Gasteiger charge is -2.30. The third-order valence-corrected chi connectivity index (χ3v) is 10.8. The molecule has 1 fully saturated rings. The van der Waals surface area contributed by atoms with E-state index in [1.54, 1.807) is 0 Å². The summed E-state index contributed by atoms with van der Waals surface area (Å²) in [6, 6.07) is 6.22. The van der Waals surface area contributed by atoms with E-state index in [2.05, 4.69) is 51.2 Å². The molecule has 22 heavy (non-hydrogen) atoms. The van der Waals surface area contributed by atoms with Crippen molar-refractivity contribution >= 4 is 18.9 Å². The van der Waals surface area contributed by atoms with Crippen LogP contribution in [0.15, 0.2) is 18.2 Å². The Hall–Kier alpha value is -0.880. The number of benzene rings is 1.